The highest BCUT2D eigenvalue weighted by Crippen LogP contribution is 2.24. The third-order valence-corrected chi connectivity index (χ3v) is 4.21. The van der Waals surface area contributed by atoms with Crippen LogP contribution in [0.15, 0.2) is 35.6 Å². The summed E-state index contributed by atoms with van der Waals surface area (Å²) in [4.78, 5) is 8.50. The first-order chi connectivity index (χ1) is 12.7. The first-order valence-electron chi connectivity index (χ1n) is 8.81. The zero-order valence-electron chi connectivity index (χ0n) is 16.1. The summed E-state index contributed by atoms with van der Waals surface area (Å²) in [5.41, 5.74) is 1.05. The van der Waals surface area contributed by atoms with Gasteiger partial charge in [-0.15, -0.1) is 0 Å². The van der Waals surface area contributed by atoms with Gasteiger partial charge in [0, 0.05) is 50.7 Å². The third kappa shape index (κ3) is 5.68. The number of imidazole rings is 1. The fourth-order valence-electron chi connectivity index (χ4n) is 2.65. The Morgan fingerprint density at radius 3 is 2.69 bits per heavy atom. The van der Waals surface area contributed by atoms with Crippen molar-refractivity contribution in [2.24, 2.45) is 4.99 Å². The number of methoxy groups -OCH3 is 2. The van der Waals surface area contributed by atoms with Crippen molar-refractivity contribution in [3.63, 3.8) is 0 Å². The Hall–Kier alpha value is -2.70. The Balaban J connectivity index is 1.73. The summed E-state index contributed by atoms with van der Waals surface area (Å²) in [6.07, 6.45) is 6.01. The molecule has 0 radical (unpaired) electrons. The molecule has 0 spiro atoms. The summed E-state index contributed by atoms with van der Waals surface area (Å²) >= 11 is 0. The molecule has 0 amide bonds. The molecule has 0 fully saturated rings. The predicted molar refractivity (Wildman–Crippen MR) is 104 cm³/mol. The van der Waals surface area contributed by atoms with Crippen molar-refractivity contribution in [1.29, 1.82) is 0 Å². The second kappa shape index (κ2) is 10.3. The number of unbranched alkanes of at least 4 members (excludes halogenated alkanes) is 1. The van der Waals surface area contributed by atoms with E-state index >= 15 is 0 Å². The van der Waals surface area contributed by atoms with Crippen LogP contribution in [-0.4, -0.2) is 43.3 Å². The van der Waals surface area contributed by atoms with Crippen LogP contribution < -0.4 is 20.1 Å². The van der Waals surface area contributed by atoms with Gasteiger partial charge in [-0.05, 0) is 31.9 Å². The molecule has 0 unspecified atom stereocenters. The third-order valence-electron chi connectivity index (χ3n) is 4.21. The van der Waals surface area contributed by atoms with Crippen LogP contribution in [0.4, 0.5) is 0 Å². The van der Waals surface area contributed by atoms with Gasteiger partial charge in [0.05, 0.1) is 14.2 Å². The van der Waals surface area contributed by atoms with Crippen molar-refractivity contribution >= 4 is 5.96 Å². The number of rotatable bonds is 9. The van der Waals surface area contributed by atoms with Gasteiger partial charge >= 0.3 is 0 Å². The minimum absolute atomic E-state index is 0.626. The van der Waals surface area contributed by atoms with Crippen LogP contribution in [0.5, 0.6) is 11.5 Å². The van der Waals surface area contributed by atoms with Crippen LogP contribution in [0.3, 0.4) is 0 Å². The number of guanidine groups is 1. The summed E-state index contributed by atoms with van der Waals surface area (Å²) in [5, 5.41) is 6.66. The largest absolute Gasteiger partial charge is 0.497 e. The van der Waals surface area contributed by atoms with E-state index in [2.05, 4.69) is 25.2 Å². The maximum absolute atomic E-state index is 5.42. The number of aryl methyl sites for hydroxylation is 2. The fourth-order valence-corrected chi connectivity index (χ4v) is 2.65. The Kier molecular flexibility index (Phi) is 7.79. The van der Waals surface area contributed by atoms with Gasteiger partial charge < -0.3 is 24.7 Å². The number of hydrogen-bond donors (Lipinski definition) is 2. The quantitative estimate of drug-likeness (QED) is 0.408. The summed E-state index contributed by atoms with van der Waals surface area (Å²) in [6.45, 7) is 4.51. The fraction of sp³-hybridized carbons (Fsp3) is 0.474. The number of nitrogens with one attached hydrogen (secondary N) is 2. The van der Waals surface area contributed by atoms with Gasteiger partial charge in [0.2, 0.25) is 0 Å². The Labute approximate surface area is 155 Å². The lowest BCUT2D eigenvalue weighted by atomic mass is 10.2. The van der Waals surface area contributed by atoms with Crippen molar-refractivity contribution in [1.82, 2.24) is 20.2 Å². The van der Waals surface area contributed by atoms with Crippen LogP contribution in [-0.2, 0) is 13.1 Å². The molecule has 7 nitrogen and oxygen atoms in total. The maximum atomic E-state index is 5.42. The van der Waals surface area contributed by atoms with Gasteiger partial charge in [0.25, 0.3) is 0 Å². The topological polar surface area (TPSA) is 72.7 Å². The van der Waals surface area contributed by atoms with Crippen molar-refractivity contribution < 1.29 is 9.47 Å². The zero-order chi connectivity index (χ0) is 18.8. The van der Waals surface area contributed by atoms with E-state index in [0.717, 1.165) is 54.8 Å². The monoisotopic (exact) mass is 359 g/mol. The van der Waals surface area contributed by atoms with Gasteiger partial charge in [0.15, 0.2) is 5.96 Å². The molecule has 0 saturated heterocycles. The van der Waals surface area contributed by atoms with Crippen LogP contribution in [0.1, 0.15) is 24.2 Å². The number of benzene rings is 1. The van der Waals surface area contributed by atoms with Crippen LogP contribution >= 0.6 is 0 Å². The van der Waals surface area contributed by atoms with E-state index in [0.29, 0.717) is 6.54 Å². The van der Waals surface area contributed by atoms with Crippen molar-refractivity contribution in [3.8, 4) is 11.5 Å². The van der Waals surface area contributed by atoms with Gasteiger partial charge in [-0.25, -0.2) is 4.98 Å². The maximum Gasteiger partial charge on any atom is 0.191 e. The zero-order valence-corrected chi connectivity index (χ0v) is 16.1. The molecule has 0 saturated carbocycles. The van der Waals surface area contributed by atoms with E-state index in [1.165, 1.54) is 0 Å². The van der Waals surface area contributed by atoms with Crippen LogP contribution in [0, 0.1) is 6.92 Å². The van der Waals surface area contributed by atoms with Gasteiger partial charge in [-0.2, -0.15) is 0 Å². The van der Waals surface area contributed by atoms with Crippen molar-refractivity contribution in [2.75, 3.05) is 27.8 Å². The van der Waals surface area contributed by atoms with Gasteiger partial charge in [0.1, 0.15) is 17.3 Å². The van der Waals surface area contributed by atoms with Crippen molar-refractivity contribution in [3.05, 3.63) is 42.0 Å². The Morgan fingerprint density at radius 2 is 2.04 bits per heavy atom. The summed E-state index contributed by atoms with van der Waals surface area (Å²) in [5.74, 6) is 3.41. The molecule has 26 heavy (non-hydrogen) atoms. The minimum atomic E-state index is 0.626. The molecule has 0 aliphatic carbocycles. The SMILES string of the molecule is CN=C(NCCCCn1ccnc1C)NCc1ccc(OC)cc1OC. The molecular formula is C19H29N5O2. The normalized spacial score (nSPS) is 11.3. The second-order valence-electron chi connectivity index (χ2n) is 5.91. The van der Waals surface area contributed by atoms with E-state index < -0.39 is 0 Å². The average molecular weight is 359 g/mol. The molecule has 2 N–H and O–H groups in total. The molecule has 0 aliphatic rings. The molecule has 0 bridgehead atoms. The van der Waals surface area contributed by atoms with Crippen LogP contribution in [0.2, 0.25) is 0 Å². The average Bonchev–Trinajstić information content (AvgIpc) is 3.08. The standard InChI is InChI=1S/C19H29N5O2/c1-15-21-10-12-24(15)11-6-5-9-22-19(20-2)23-14-16-7-8-17(25-3)13-18(16)26-4/h7-8,10,12-13H,5-6,9,11,14H2,1-4H3,(H2,20,22,23). The molecule has 0 aliphatic heterocycles. The molecular weight excluding hydrogens is 330 g/mol. The molecule has 1 aromatic carbocycles. The predicted octanol–water partition coefficient (Wildman–Crippen LogP) is 2.35. The number of nitrogens with zero attached hydrogens (tertiary/aromatic N) is 3. The van der Waals surface area contributed by atoms with E-state index in [1.54, 1.807) is 21.3 Å². The lowest BCUT2D eigenvalue weighted by Gasteiger charge is -2.14. The smallest absolute Gasteiger partial charge is 0.191 e. The molecule has 1 heterocycles. The van der Waals surface area contributed by atoms with Crippen LogP contribution in [0.25, 0.3) is 0 Å². The molecule has 1 aromatic heterocycles. The molecule has 0 atom stereocenters. The van der Waals surface area contributed by atoms with E-state index in [1.807, 2.05) is 37.5 Å². The number of aromatic nitrogens is 2. The van der Waals surface area contributed by atoms with E-state index in [9.17, 15) is 0 Å². The lowest BCUT2D eigenvalue weighted by molar-refractivity contribution is 0.390. The summed E-state index contributed by atoms with van der Waals surface area (Å²) in [6, 6.07) is 5.80. The van der Waals surface area contributed by atoms with Crippen molar-refractivity contribution in [2.45, 2.75) is 32.9 Å². The highest BCUT2D eigenvalue weighted by atomic mass is 16.5. The van der Waals surface area contributed by atoms with E-state index in [-0.39, 0.29) is 0 Å². The molecule has 7 heteroatoms. The first kappa shape index (κ1) is 19.6. The Morgan fingerprint density at radius 1 is 1.19 bits per heavy atom. The highest BCUT2D eigenvalue weighted by molar-refractivity contribution is 5.79. The molecule has 142 valence electrons. The number of aliphatic imine (C=N–C) groups is 1. The van der Waals surface area contributed by atoms with E-state index in [4.69, 9.17) is 9.47 Å². The minimum Gasteiger partial charge on any atom is -0.497 e. The van der Waals surface area contributed by atoms with Gasteiger partial charge in [-0.3, -0.25) is 4.99 Å². The summed E-state index contributed by atoms with van der Waals surface area (Å²) in [7, 11) is 5.08. The number of hydrogen-bond acceptors (Lipinski definition) is 4. The second-order valence-corrected chi connectivity index (χ2v) is 5.91. The molecule has 2 aromatic rings. The first-order valence-corrected chi connectivity index (χ1v) is 8.81. The molecule has 2 rings (SSSR count). The number of ether oxygens (including phenoxy) is 2. The highest BCUT2D eigenvalue weighted by Gasteiger charge is 2.06. The van der Waals surface area contributed by atoms with Gasteiger partial charge in [-0.1, -0.05) is 0 Å². The lowest BCUT2D eigenvalue weighted by Crippen LogP contribution is -2.37. The Bertz CT molecular complexity index is 712. The summed E-state index contributed by atoms with van der Waals surface area (Å²) < 4.78 is 12.8.